The van der Waals surface area contributed by atoms with Gasteiger partial charge in [0, 0.05) is 24.0 Å². The molecule has 2 aromatic heterocycles. The largest absolute Gasteiger partial charge is 0.474 e. The Morgan fingerprint density at radius 3 is 2.44 bits per heavy atom. The molecule has 1 aromatic carbocycles. The van der Waals surface area contributed by atoms with Crippen LogP contribution in [0.2, 0.25) is 0 Å². The molecular formula is C21H23N3O3. The molecule has 0 bridgehead atoms. The van der Waals surface area contributed by atoms with Crippen LogP contribution in [0.5, 0.6) is 0 Å². The molecule has 27 heavy (non-hydrogen) atoms. The lowest BCUT2D eigenvalue weighted by Crippen LogP contribution is -2.22. The van der Waals surface area contributed by atoms with Gasteiger partial charge in [0.05, 0.1) is 11.0 Å². The van der Waals surface area contributed by atoms with E-state index in [-0.39, 0.29) is 0 Å². The number of hydrogen-bond donors (Lipinski definition) is 3. The minimum absolute atomic E-state index is 0.391. The molecule has 6 nitrogen and oxygen atoms in total. The highest BCUT2D eigenvalue weighted by Gasteiger charge is 2.14. The molecule has 1 amide bonds. The van der Waals surface area contributed by atoms with Crippen molar-refractivity contribution in [3.63, 3.8) is 0 Å². The number of nitrogens with zero attached hydrogens (tertiary/aromatic N) is 1. The van der Waals surface area contributed by atoms with Gasteiger partial charge in [0.2, 0.25) is 0 Å². The zero-order valence-electron chi connectivity index (χ0n) is 15.9. The zero-order chi connectivity index (χ0) is 19.7. The summed E-state index contributed by atoms with van der Waals surface area (Å²) in [6.45, 7) is 8.20. The maximum absolute atomic E-state index is 11.4. The molecule has 6 heteroatoms. The fourth-order valence-corrected chi connectivity index (χ4v) is 3.31. The van der Waals surface area contributed by atoms with E-state index in [1.165, 1.54) is 5.56 Å². The molecular weight excluding hydrogens is 342 g/mol. The van der Waals surface area contributed by atoms with E-state index < -0.39 is 11.9 Å². The second-order valence-electron chi connectivity index (χ2n) is 7.12. The van der Waals surface area contributed by atoms with E-state index in [0.29, 0.717) is 18.0 Å². The number of carbonyl (C=O) groups excluding carboxylic acids is 1. The molecule has 0 aliphatic heterocycles. The van der Waals surface area contributed by atoms with E-state index in [2.05, 4.69) is 30.2 Å². The molecule has 0 saturated heterocycles. The molecule has 0 aliphatic rings. The van der Waals surface area contributed by atoms with Crippen LogP contribution in [-0.4, -0.2) is 27.0 Å². The second-order valence-corrected chi connectivity index (χ2v) is 7.12. The molecule has 3 rings (SSSR count). The van der Waals surface area contributed by atoms with E-state index in [9.17, 15) is 9.59 Å². The van der Waals surface area contributed by atoms with Gasteiger partial charge < -0.3 is 15.4 Å². The number of anilines is 1. The topological polar surface area (TPSA) is 95.1 Å². The van der Waals surface area contributed by atoms with Crippen LogP contribution in [0.4, 0.5) is 5.69 Å². The van der Waals surface area contributed by atoms with Crippen molar-refractivity contribution in [3.8, 4) is 0 Å². The van der Waals surface area contributed by atoms with Gasteiger partial charge in [-0.15, -0.1) is 0 Å². The first-order valence-corrected chi connectivity index (χ1v) is 8.87. The Hall–Kier alpha value is -3.15. The van der Waals surface area contributed by atoms with Crippen LogP contribution in [0.3, 0.4) is 0 Å². The Labute approximate surface area is 157 Å². The number of aliphatic carboxylic acids is 1. The van der Waals surface area contributed by atoms with Gasteiger partial charge in [-0.05, 0) is 66.3 Å². The van der Waals surface area contributed by atoms with E-state index in [0.717, 1.165) is 33.4 Å². The fourth-order valence-electron chi connectivity index (χ4n) is 3.31. The molecule has 0 spiro atoms. The quantitative estimate of drug-likeness (QED) is 0.611. The number of aryl methyl sites for hydroxylation is 2. The number of amides is 1. The lowest BCUT2D eigenvalue weighted by Gasteiger charge is -2.13. The number of nitrogens with one attached hydrogen (secondary N) is 2. The zero-order valence-corrected chi connectivity index (χ0v) is 15.9. The SMILES string of the molecule is Cc1cc(NC(=O)C(=O)O)cc(C)c1Cc1ccc2[nH]cc(C(C)C)c2n1. The van der Waals surface area contributed by atoms with Crippen LogP contribution in [0.15, 0.2) is 30.5 Å². The molecule has 3 aromatic rings. The minimum Gasteiger partial charge on any atom is -0.474 e. The Bertz CT molecular complexity index is 1010. The third kappa shape index (κ3) is 3.84. The highest BCUT2D eigenvalue weighted by Crippen LogP contribution is 2.26. The summed E-state index contributed by atoms with van der Waals surface area (Å²) in [5, 5.41) is 11.1. The van der Waals surface area contributed by atoms with Crippen LogP contribution in [-0.2, 0) is 16.0 Å². The van der Waals surface area contributed by atoms with Crippen LogP contribution >= 0.6 is 0 Å². The van der Waals surface area contributed by atoms with E-state index in [1.54, 1.807) is 12.1 Å². The first-order chi connectivity index (χ1) is 12.8. The predicted octanol–water partition coefficient (Wildman–Crippen LogP) is 3.92. The molecule has 0 unspecified atom stereocenters. The summed E-state index contributed by atoms with van der Waals surface area (Å²) in [6.07, 6.45) is 2.69. The number of benzene rings is 1. The lowest BCUT2D eigenvalue weighted by atomic mass is 9.97. The number of pyridine rings is 1. The van der Waals surface area contributed by atoms with Crippen LogP contribution in [0.1, 0.15) is 47.7 Å². The predicted molar refractivity (Wildman–Crippen MR) is 105 cm³/mol. The number of carbonyl (C=O) groups is 2. The summed E-state index contributed by atoms with van der Waals surface area (Å²) in [5.41, 5.74) is 7.77. The van der Waals surface area contributed by atoms with E-state index in [4.69, 9.17) is 10.1 Å². The number of hydrogen-bond acceptors (Lipinski definition) is 3. The van der Waals surface area contributed by atoms with Gasteiger partial charge >= 0.3 is 11.9 Å². The summed E-state index contributed by atoms with van der Waals surface area (Å²) in [7, 11) is 0. The standard InChI is InChI=1S/C21H23N3O3/c1-11(2)17-10-22-18-6-5-14(23-19(17)18)9-16-12(3)7-15(8-13(16)4)24-20(25)21(26)27/h5-8,10-11,22H,9H2,1-4H3,(H,24,25)(H,26,27). The van der Waals surface area contributed by atoms with Crippen molar-refractivity contribution in [2.75, 3.05) is 5.32 Å². The number of rotatable bonds is 4. The maximum atomic E-state index is 11.4. The van der Waals surface area contributed by atoms with Gasteiger partial charge in [-0.3, -0.25) is 9.78 Å². The average Bonchev–Trinajstić information content (AvgIpc) is 3.01. The van der Waals surface area contributed by atoms with Crippen molar-refractivity contribution in [2.24, 2.45) is 0 Å². The van der Waals surface area contributed by atoms with Crippen LogP contribution in [0.25, 0.3) is 11.0 Å². The fraction of sp³-hybridized carbons (Fsp3) is 0.286. The van der Waals surface area contributed by atoms with Gasteiger partial charge in [0.15, 0.2) is 0 Å². The molecule has 0 saturated carbocycles. The molecule has 140 valence electrons. The van der Waals surface area contributed by atoms with Gasteiger partial charge in [-0.25, -0.2) is 4.79 Å². The number of carboxylic acids is 1. The molecule has 0 fully saturated rings. The van der Waals surface area contributed by atoms with Gasteiger partial charge in [0.1, 0.15) is 0 Å². The Morgan fingerprint density at radius 2 is 1.85 bits per heavy atom. The summed E-state index contributed by atoms with van der Waals surface area (Å²) in [6, 6.07) is 7.65. The number of aromatic amines is 1. The molecule has 0 radical (unpaired) electrons. The van der Waals surface area contributed by atoms with Crippen LogP contribution in [0, 0.1) is 13.8 Å². The number of H-pyrrole nitrogens is 1. The van der Waals surface area contributed by atoms with Crippen molar-refractivity contribution < 1.29 is 14.7 Å². The number of fused-ring (bicyclic) bond motifs is 1. The highest BCUT2D eigenvalue weighted by molar-refractivity contribution is 6.36. The van der Waals surface area contributed by atoms with Crippen molar-refractivity contribution in [2.45, 2.75) is 40.0 Å². The first-order valence-electron chi connectivity index (χ1n) is 8.87. The number of carboxylic acid groups (broad SMARTS) is 1. The van der Waals surface area contributed by atoms with E-state index in [1.807, 2.05) is 26.1 Å². The van der Waals surface area contributed by atoms with Crippen molar-refractivity contribution >= 4 is 28.6 Å². The van der Waals surface area contributed by atoms with E-state index >= 15 is 0 Å². The van der Waals surface area contributed by atoms with Gasteiger partial charge in [0.25, 0.3) is 0 Å². The Balaban J connectivity index is 1.91. The summed E-state index contributed by atoms with van der Waals surface area (Å²) < 4.78 is 0. The maximum Gasteiger partial charge on any atom is 0.394 e. The van der Waals surface area contributed by atoms with Crippen molar-refractivity contribution in [1.29, 1.82) is 0 Å². The molecule has 3 N–H and O–H groups in total. The lowest BCUT2D eigenvalue weighted by molar-refractivity contribution is -0.147. The minimum atomic E-state index is -1.50. The third-order valence-corrected chi connectivity index (χ3v) is 4.74. The normalized spacial score (nSPS) is 11.1. The van der Waals surface area contributed by atoms with Crippen molar-refractivity contribution in [1.82, 2.24) is 9.97 Å². The molecule has 0 aliphatic carbocycles. The van der Waals surface area contributed by atoms with Gasteiger partial charge in [-0.2, -0.15) is 0 Å². The number of aromatic nitrogens is 2. The highest BCUT2D eigenvalue weighted by atomic mass is 16.4. The smallest absolute Gasteiger partial charge is 0.394 e. The monoisotopic (exact) mass is 365 g/mol. The third-order valence-electron chi connectivity index (χ3n) is 4.74. The molecule has 2 heterocycles. The molecule has 0 atom stereocenters. The summed E-state index contributed by atoms with van der Waals surface area (Å²) in [5.74, 6) is -2.15. The first kappa shape index (κ1) is 18.6. The summed E-state index contributed by atoms with van der Waals surface area (Å²) in [4.78, 5) is 30.2. The Kier molecular flexibility index (Phi) is 4.99. The average molecular weight is 365 g/mol. The van der Waals surface area contributed by atoms with Gasteiger partial charge in [-0.1, -0.05) is 13.8 Å². The van der Waals surface area contributed by atoms with Crippen LogP contribution < -0.4 is 5.32 Å². The Morgan fingerprint density at radius 1 is 1.19 bits per heavy atom. The summed E-state index contributed by atoms with van der Waals surface area (Å²) >= 11 is 0. The van der Waals surface area contributed by atoms with Crippen molar-refractivity contribution in [3.05, 3.63) is 58.4 Å². The second kappa shape index (κ2) is 7.23.